The Kier molecular flexibility index (Phi) is 6.05. The Labute approximate surface area is 191 Å². The number of anilines is 1. The summed E-state index contributed by atoms with van der Waals surface area (Å²) in [6.45, 7) is 3.98. The Morgan fingerprint density at radius 2 is 1.69 bits per heavy atom. The first kappa shape index (κ1) is 21.7. The number of rotatable bonds is 6. The second-order valence-electron chi connectivity index (χ2n) is 7.91. The third kappa shape index (κ3) is 4.27. The second-order valence-corrected chi connectivity index (χ2v) is 8.89. The lowest BCUT2D eigenvalue weighted by atomic mass is 9.98. The van der Waals surface area contributed by atoms with Gasteiger partial charge in [0.2, 0.25) is 5.16 Å². The van der Waals surface area contributed by atoms with Crippen LogP contribution in [0.2, 0.25) is 0 Å². The maximum Gasteiger partial charge on any atom is 0.202 e. The molecule has 8 heteroatoms. The first-order valence-corrected chi connectivity index (χ1v) is 11.0. The van der Waals surface area contributed by atoms with E-state index in [1.54, 1.807) is 12.3 Å². The summed E-state index contributed by atoms with van der Waals surface area (Å²) in [7, 11) is 3.98. The van der Waals surface area contributed by atoms with Crippen molar-refractivity contribution in [1.29, 1.82) is 0 Å². The van der Waals surface area contributed by atoms with Gasteiger partial charge in [0, 0.05) is 37.7 Å². The fraction of sp³-hybridized carbons (Fsp3) is 0.208. The first-order chi connectivity index (χ1) is 15.3. The maximum atomic E-state index is 10.7. The van der Waals surface area contributed by atoms with Crippen LogP contribution >= 0.6 is 11.8 Å². The zero-order chi connectivity index (χ0) is 22.8. The lowest BCUT2D eigenvalue weighted by molar-refractivity contribution is 0.444. The first-order valence-electron chi connectivity index (χ1n) is 10.2. The SMILES string of the molecule is CC(C)c1cc(-c2nnc(Sc3ccccn3)n2-c2ccc(N(C)C)cc2)c(O)cc1O. The Morgan fingerprint density at radius 1 is 0.938 bits per heavy atom. The molecule has 4 rings (SSSR count). The Hall–Kier alpha value is -3.52. The van der Waals surface area contributed by atoms with Gasteiger partial charge in [-0.3, -0.25) is 4.57 Å². The van der Waals surface area contributed by atoms with Gasteiger partial charge in [0.25, 0.3) is 0 Å². The van der Waals surface area contributed by atoms with Crippen LogP contribution in [0.5, 0.6) is 11.5 Å². The van der Waals surface area contributed by atoms with Gasteiger partial charge in [-0.1, -0.05) is 19.9 Å². The number of nitrogens with zero attached hydrogens (tertiary/aromatic N) is 5. The number of phenols is 2. The van der Waals surface area contributed by atoms with Crippen LogP contribution in [0.15, 0.2) is 71.0 Å². The highest BCUT2D eigenvalue weighted by Crippen LogP contribution is 2.39. The van der Waals surface area contributed by atoms with E-state index in [2.05, 4.69) is 15.2 Å². The molecule has 2 aromatic heterocycles. The van der Waals surface area contributed by atoms with Crippen LogP contribution in [0.3, 0.4) is 0 Å². The van der Waals surface area contributed by atoms with Gasteiger partial charge >= 0.3 is 0 Å². The number of aromatic nitrogens is 4. The Morgan fingerprint density at radius 3 is 2.31 bits per heavy atom. The fourth-order valence-electron chi connectivity index (χ4n) is 3.38. The highest BCUT2D eigenvalue weighted by Gasteiger charge is 2.22. The van der Waals surface area contributed by atoms with Crippen molar-refractivity contribution in [3.8, 4) is 28.6 Å². The number of aromatic hydroxyl groups is 2. The lowest BCUT2D eigenvalue weighted by Crippen LogP contribution is -2.08. The summed E-state index contributed by atoms with van der Waals surface area (Å²) in [5.41, 5.74) is 3.15. The quantitative estimate of drug-likeness (QED) is 0.426. The Bertz CT molecular complexity index is 1220. The molecule has 0 bridgehead atoms. The number of hydrogen-bond acceptors (Lipinski definition) is 7. The summed E-state index contributed by atoms with van der Waals surface area (Å²) in [6.07, 6.45) is 1.73. The molecule has 2 aromatic carbocycles. The van der Waals surface area contributed by atoms with Gasteiger partial charge in [0.15, 0.2) is 5.82 Å². The smallest absolute Gasteiger partial charge is 0.202 e. The van der Waals surface area contributed by atoms with E-state index < -0.39 is 0 Å². The average Bonchev–Trinajstić information content (AvgIpc) is 3.17. The fourth-order valence-corrected chi connectivity index (χ4v) is 4.19. The minimum atomic E-state index is -0.0557. The summed E-state index contributed by atoms with van der Waals surface area (Å²) >= 11 is 1.39. The van der Waals surface area contributed by atoms with Gasteiger partial charge in [0.1, 0.15) is 16.5 Å². The largest absolute Gasteiger partial charge is 0.508 e. The van der Waals surface area contributed by atoms with Crippen LogP contribution in [0.4, 0.5) is 5.69 Å². The molecule has 0 saturated heterocycles. The van der Waals surface area contributed by atoms with Gasteiger partial charge in [-0.15, -0.1) is 10.2 Å². The molecule has 0 unspecified atom stereocenters. The van der Waals surface area contributed by atoms with Crippen LogP contribution in [0, 0.1) is 0 Å². The summed E-state index contributed by atoms with van der Waals surface area (Å²) < 4.78 is 1.90. The van der Waals surface area contributed by atoms with Crippen molar-refractivity contribution in [3.63, 3.8) is 0 Å². The van der Waals surface area contributed by atoms with Crippen molar-refractivity contribution in [2.24, 2.45) is 0 Å². The zero-order valence-electron chi connectivity index (χ0n) is 18.4. The number of phenolic OH excluding ortho intramolecular Hbond substituents is 2. The minimum absolute atomic E-state index is 0.0557. The van der Waals surface area contributed by atoms with Crippen molar-refractivity contribution >= 4 is 17.4 Å². The van der Waals surface area contributed by atoms with E-state index >= 15 is 0 Å². The van der Waals surface area contributed by atoms with Crippen LogP contribution in [-0.4, -0.2) is 44.1 Å². The molecule has 0 aliphatic carbocycles. The highest BCUT2D eigenvalue weighted by molar-refractivity contribution is 7.99. The molecule has 0 amide bonds. The van der Waals surface area contributed by atoms with E-state index in [1.165, 1.54) is 17.8 Å². The topological polar surface area (TPSA) is 87.3 Å². The summed E-state index contributed by atoms with van der Waals surface area (Å²) in [4.78, 5) is 6.42. The van der Waals surface area contributed by atoms with E-state index in [9.17, 15) is 10.2 Å². The van der Waals surface area contributed by atoms with Crippen molar-refractivity contribution in [3.05, 3.63) is 66.4 Å². The van der Waals surface area contributed by atoms with E-state index in [-0.39, 0.29) is 17.4 Å². The van der Waals surface area contributed by atoms with Crippen molar-refractivity contribution < 1.29 is 10.2 Å². The molecular formula is C24H25N5O2S. The zero-order valence-corrected chi connectivity index (χ0v) is 19.2. The molecule has 0 aliphatic rings. The molecule has 2 N–H and O–H groups in total. The molecule has 0 fully saturated rings. The van der Waals surface area contributed by atoms with Crippen LogP contribution in [0.25, 0.3) is 17.1 Å². The van der Waals surface area contributed by atoms with Crippen molar-refractivity contribution in [2.75, 3.05) is 19.0 Å². The summed E-state index contributed by atoms with van der Waals surface area (Å²) in [5.74, 6) is 0.568. The highest BCUT2D eigenvalue weighted by atomic mass is 32.2. The predicted octanol–water partition coefficient (Wildman–Crippen LogP) is 5.08. The van der Waals surface area contributed by atoms with Crippen LogP contribution in [-0.2, 0) is 0 Å². The van der Waals surface area contributed by atoms with Gasteiger partial charge in [0.05, 0.1) is 5.56 Å². The predicted molar refractivity (Wildman–Crippen MR) is 127 cm³/mol. The molecular weight excluding hydrogens is 422 g/mol. The number of pyridine rings is 1. The third-order valence-electron chi connectivity index (χ3n) is 5.10. The van der Waals surface area contributed by atoms with Crippen molar-refractivity contribution in [2.45, 2.75) is 29.9 Å². The number of hydrogen-bond donors (Lipinski definition) is 2. The minimum Gasteiger partial charge on any atom is -0.508 e. The molecule has 4 aromatic rings. The molecule has 0 atom stereocenters. The molecule has 164 valence electrons. The van der Waals surface area contributed by atoms with E-state index in [1.807, 2.05) is 79.9 Å². The lowest BCUT2D eigenvalue weighted by Gasteiger charge is -2.16. The van der Waals surface area contributed by atoms with E-state index in [0.717, 1.165) is 22.0 Å². The molecule has 0 saturated carbocycles. The van der Waals surface area contributed by atoms with Gasteiger partial charge < -0.3 is 15.1 Å². The monoisotopic (exact) mass is 447 g/mol. The Balaban J connectivity index is 1.89. The standard InChI is InChI=1S/C24H25N5O2S/c1-15(2)18-13-19(21(31)14-20(18)30)23-26-27-24(32-22-7-5-6-12-25-22)29(23)17-10-8-16(9-11-17)28(3)4/h5-15,30-31H,1-4H3. The van der Waals surface area contributed by atoms with Gasteiger partial charge in [-0.05, 0) is 65.7 Å². The van der Waals surface area contributed by atoms with Crippen molar-refractivity contribution in [1.82, 2.24) is 19.7 Å². The molecule has 32 heavy (non-hydrogen) atoms. The third-order valence-corrected chi connectivity index (χ3v) is 6.00. The molecule has 0 spiro atoms. The normalized spacial score (nSPS) is 11.2. The van der Waals surface area contributed by atoms with Gasteiger partial charge in [-0.2, -0.15) is 0 Å². The van der Waals surface area contributed by atoms with E-state index in [0.29, 0.717) is 16.5 Å². The second kappa shape index (κ2) is 8.92. The maximum absolute atomic E-state index is 10.7. The molecule has 2 heterocycles. The number of benzene rings is 2. The van der Waals surface area contributed by atoms with E-state index in [4.69, 9.17) is 0 Å². The van der Waals surface area contributed by atoms with Gasteiger partial charge in [-0.25, -0.2) is 4.98 Å². The summed E-state index contributed by atoms with van der Waals surface area (Å²) in [5, 5.41) is 31.2. The van der Waals surface area contributed by atoms with Crippen LogP contribution in [0.1, 0.15) is 25.3 Å². The molecule has 0 aliphatic heterocycles. The van der Waals surface area contributed by atoms with Crippen LogP contribution < -0.4 is 4.90 Å². The summed E-state index contributed by atoms with van der Waals surface area (Å²) in [6, 6.07) is 16.9. The molecule has 7 nitrogen and oxygen atoms in total. The average molecular weight is 448 g/mol. The molecule has 0 radical (unpaired) electrons.